The summed E-state index contributed by atoms with van der Waals surface area (Å²) in [6, 6.07) is 8.39. The van der Waals surface area contributed by atoms with Crippen LogP contribution in [0.25, 0.3) is 0 Å². The van der Waals surface area contributed by atoms with Gasteiger partial charge in [-0.15, -0.1) is 0 Å². The Bertz CT molecular complexity index is 364. The maximum atomic E-state index is 9.30. The molecule has 0 aromatic heterocycles. The quantitative estimate of drug-likeness (QED) is 0.480. The van der Waals surface area contributed by atoms with Crippen LogP contribution in [0.15, 0.2) is 24.3 Å². The molecule has 1 aromatic carbocycles. The first kappa shape index (κ1) is 19.0. The lowest BCUT2D eigenvalue weighted by Gasteiger charge is -2.10. The monoisotopic (exact) mass is 307 g/mol. The maximum absolute atomic E-state index is 9.30. The lowest BCUT2D eigenvalue weighted by Crippen LogP contribution is -2.22. The van der Waals surface area contributed by atoms with Crippen molar-refractivity contribution in [1.82, 2.24) is 0 Å². The van der Waals surface area contributed by atoms with Gasteiger partial charge in [-0.25, -0.2) is 0 Å². The number of rotatable bonds is 13. The average Bonchev–Trinajstić information content (AvgIpc) is 2.56. The van der Waals surface area contributed by atoms with Crippen molar-refractivity contribution in [3.8, 4) is 0 Å². The Hall–Kier alpha value is -1.06. The van der Waals surface area contributed by atoms with Gasteiger partial charge in [-0.2, -0.15) is 0 Å². The van der Waals surface area contributed by atoms with Gasteiger partial charge in [-0.1, -0.05) is 64.0 Å². The fraction of sp³-hybridized carbons (Fsp3) is 0.684. The minimum atomic E-state index is -0.697. The molecule has 0 aliphatic carbocycles. The molecule has 0 heterocycles. The molecule has 3 nitrogen and oxygen atoms in total. The van der Waals surface area contributed by atoms with E-state index in [2.05, 4.69) is 24.4 Å². The first-order valence-corrected chi connectivity index (χ1v) is 8.88. The van der Waals surface area contributed by atoms with Gasteiger partial charge in [0.05, 0.1) is 12.7 Å². The topological polar surface area (TPSA) is 52.5 Å². The molecule has 0 spiro atoms. The van der Waals surface area contributed by atoms with Crippen LogP contribution >= 0.6 is 0 Å². The van der Waals surface area contributed by atoms with Gasteiger partial charge >= 0.3 is 0 Å². The summed E-state index contributed by atoms with van der Waals surface area (Å²) >= 11 is 0. The summed E-state index contributed by atoms with van der Waals surface area (Å²) in [5, 5.41) is 21.2. The molecule has 0 aliphatic heterocycles. The number of aryl methyl sites for hydroxylation is 1. The number of aliphatic hydroxyl groups is 2. The van der Waals surface area contributed by atoms with Crippen molar-refractivity contribution >= 4 is 5.69 Å². The summed E-state index contributed by atoms with van der Waals surface area (Å²) in [5.41, 5.74) is 2.37. The summed E-state index contributed by atoms with van der Waals surface area (Å²) in [5.74, 6) is 0. The Morgan fingerprint density at radius 1 is 0.909 bits per heavy atom. The van der Waals surface area contributed by atoms with Gasteiger partial charge < -0.3 is 15.5 Å². The molecule has 3 heteroatoms. The summed E-state index contributed by atoms with van der Waals surface area (Å²) in [7, 11) is 0. The van der Waals surface area contributed by atoms with Gasteiger partial charge in [0.15, 0.2) is 0 Å². The van der Waals surface area contributed by atoms with Crippen molar-refractivity contribution in [3.05, 3.63) is 29.8 Å². The second kappa shape index (κ2) is 12.5. The first-order chi connectivity index (χ1) is 10.8. The number of hydrogen-bond acceptors (Lipinski definition) is 3. The Labute approximate surface area is 135 Å². The Balaban J connectivity index is 2.09. The van der Waals surface area contributed by atoms with Crippen LogP contribution < -0.4 is 5.32 Å². The van der Waals surface area contributed by atoms with E-state index in [9.17, 15) is 5.11 Å². The van der Waals surface area contributed by atoms with E-state index in [0.29, 0.717) is 6.54 Å². The predicted octanol–water partition coefficient (Wildman–Crippen LogP) is 4.13. The minimum Gasteiger partial charge on any atom is -0.394 e. The van der Waals surface area contributed by atoms with E-state index in [4.69, 9.17) is 5.11 Å². The third-order valence-corrected chi connectivity index (χ3v) is 4.03. The Morgan fingerprint density at radius 3 is 2.09 bits per heavy atom. The van der Waals surface area contributed by atoms with E-state index in [1.54, 1.807) is 0 Å². The highest BCUT2D eigenvalue weighted by Gasteiger charge is 2.01. The van der Waals surface area contributed by atoms with Crippen LogP contribution in [-0.2, 0) is 6.42 Å². The highest BCUT2D eigenvalue weighted by atomic mass is 16.3. The second-order valence-corrected chi connectivity index (χ2v) is 6.14. The smallest absolute Gasteiger partial charge is 0.0942 e. The highest BCUT2D eigenvalue weighted by Crippen LogP contribution is 2.14. The number of unbranched alkanes of at least 4 members (excludes halogenated alkanes) is 7. The average molecular weight is 307 g/mol. The molecule has 0 saturated heterocycles. The van der Waals surface area contributed by atoms with Gasteiger partial charge in [0.1, 0.15) is 0 Å². The van der Waals surface area contributed by atoms with Crippen molar-refractivity contribution in [2.75, 3.05) is 18.5 Å². The lowest BCUT2D eigenvalue weighted by molar-refractivity contribution is 0.105. The van der Waals surface area contributed by atoms with Gasteiger partial charge in [-0.05, 0) is 30.5 Å². The molecular weight excluding hydrogens is 274 g/mol. The van der Waals surface area contributed by atoms with Crippen LogP contribution in [0.1, 0.15) is 63.9 Å². The lowest BCUT2D eigenvalue weighted by atomic mass is 10.0. The second-order valence-electron chi connectivity index (χ2n) is 6.14. The molecule has 1 atom stereocenters. The van der Waals surface area contributed by atoms with Gasteiger partial charge in [0, 0.05) is 12.2 Å². The SMILES string of the molecule is CCCCCCCCCCc1ccc(NCC(O)CO)cc1. The van der Waals surface area contributed by atoms with E-state index in [-0.39, 0.29) is 6.61 Å². The third kappa shape index (κ3) is 9.06. The maximum Gasteiger partial charge on any atom is 0.0942 e. The first-order valence-electron chi connectivity index (χ1n) is 8.88. The molecule has 126 valence electrons. The van der Waals surface area contributed by atoms with E-state index < -0.39 is 6.10 Å². The van der Waals surface area contributed by atoms with Crippen molar-refractivity contribution in [3.63, 3.8) is 0 Å². The molecule has 0 saturated carbocycles. The predicted molar refractivity (Wildman–Crippen MR) is 94.3 cm³/mol. The number of aliphatic hydroxyl groups excluding tert-OH is 2. The van der Waals surface area contributed by atoms with Crippen molar-refractivity contribution in [2.45, 2.75) is 70.8 Å². The highest BCUT2D eigenvalue weighted by molar-refractivity contribution is 5.44. The van der Waals surface area contributed by atoms with Crippen molar-refractivity contribution in [1.29, 1.82) is 0 Å². The van der Waals surface area contributed by atoms with Crippen LogP contribution in [0.2, 0.25) is 0 Å². The zero-order valence-electron chi connectivity index (χ0n) is 14.1. The Morgan fingerprint density at radius 2 is 1.50 bits per heavy atom. The molecule has 0 fully saturated rings. The summed E-state index contributed by atoms with van der Waals surface area (Å²) < 4.78 is 0. The zero-order valence-corrected chi connectivity index (χ0v) is 14.1. The molecule has 3 N–H and O–H groups in total. The summed E-state index contributed by atoms with van der Waals surface area (Å²) in [6.07, 6.45) is 11.3. The minimum absolute atomic E-state index is 0.205. The molecule has 22 heavy (non-hydrogen) atoms. The molecule has 0 bridgehead atoms. The van der Waals surface area contributed by atoms with Crippen LogP contribution in [0.3, 0.4) is 0 Å². The van der Waals surface area contributed by atoms with Crippen molar-refractivity contribution in [2.24, 2.45) is 0 Å². The molecular formula is C19H33NO2. The molecule has 1 aromatic rings. The number of hydrogen-bond donors (Lipinski definition) is 3. The molecule has 0 aliphatic rings. The number of nitrogens with one attached hydrogen (secondary N) is 1. The van der Waals surface area contributed by atoms with E-state index >= 15 is 0 Å². The van der Waals surface area contributed by atoms with Gasteiger partial charge in [0.25, 0.3) is 0 Å². The van der Waals surface area contributed by atoms with E-state index in [0.717, 1.165) is 12.1 Å². The number of benzene rings is 1. The molecule has 0 radical (unpaired) electrons. The molecule has 1 rings (SSSR count). The van der Waals surface area contributed by atoms with E-state index in [1.165, 1.54) is 56.9 Å². The zero-order chi connectivity index (χ0) is 16.0. The van der Waals surface area contributed by atoms with Crippen LogP contribution in [0.4, 0.5) is 5.69 Å². The molecule has 0 amide bonds. The number of anilines is 1. The van der Waals surface area contributed by atoms with Crippen molar-refractivity contribution < 1.29 is 10.2 Å². The standard InChI is InChI=1S/C19H33NO2/c1-2-3-4-5-6-7-8-9-10-17-11-13-18(14-12-17)20-15-19(22)16-21/h11-14,19-22H,2-10,15-16H2,1H3. The third-order valence-electron chi connectivity index (χ3n) is 4.03. The van der Waals surface area contributed by atoms with Crippen LogP contribution in [0, 0.1) is 0 Å². The summed E-state index contributed by atoms with van der Waals surface area (Å²) in [6.45, 7) is 2.44. The van der Waals surface area contributed by atoms with Gasteiger partial charge in [-0.3, -0.25) is 0 Å². The van der Waals surface area contributed by atoms with Crippen LogP contribution in [0.5, 0.6) is 0 Å². The van der Waals surface area contributed by atoms with Gasteiger partial charge in [0.2, 0.25) is 0 Å². The fourth-order valence-corrected chi connectivity index (χ4v) is 2.55. The molecule has 1 unspecified atom stereocenters. The largest absolute Gasteiger partial charge is 0.394 e. The van der Waals surface area contributed by atoms with E-state index in [1.807, 2.05) is 12.1 Å². The normalized spacial score (nSPS) is 12.3. The summed E-state index contributed by atoms with van der Waals surface area (Å²) in [4.78, 5) is 0. The fourth-order valence-electron chi connectivity index (χ4n) is 2.55. The van der Waals surface area contributed by atoms with Crippen LogP contribution in [-0.4, -0.2) is 29.5 Å². The Kier molecular flexibility index (Phi) is 10.8.